The fraction of sp³-hybridized carbons (Fsp3) is 0.410. The molecule has 262 valence electrons. The van der Waals surface area contributed by atoms with Crippen molar-refractivity contribution in [3.8, 4) is 0 Å². The highest BCUT2D eigenvalue weighted by Crippen LogP contribution is 2.34. The third kappa shape index (κ3) is 9.15. The van der Waals surface area contributed by atoms with Gasteiger partial charge in [-0.1, -0.05) is 76.1 Å². The van der Waals surface area contributed by atoms with Gasteiger partial charge in [0.15, 0.2) is 0 Å². The number of nitrogens with zero attached hydrogens (tertiary/aromatic N) is 3. The topological polar surface area (TPSA) is 79.4 Å². The van der Waals surface area contributed by atoms with Crippen LogP contribution < -0.4 is 4.90 Å². The summed E-state index contributed by atoms with van der Waals surface area (Å²) in [5, 5.41) is 0.516. The van der Waals surface area contributed by atoms with Gasteiger partial charge >= 0.3 is 0 Å². The van der Waals surface area contributed by atoms with Crippen molar-refractivity contribution in [1.29, 1.82) is 0 Å². The van der Waals surface area contributed by atoms with Crippen molar-refractivity contribution in [3.05, 3.63) is 112 Å². The summed E-state index contributed by atoms with van der Waals surface area (Å²) < 4.78 is 26.1. The first kappa shape index (κ1) is 37.8. The highest BCUT2D eigenvalue weighted by molar-refractivity contribution is 6.30. The molecule has 3 aromatic rings. The van der Waals surface area contributed by atoms with Crippen molar-refractivity contribution in [3.63, 3.8) is 0 Å². The average Bonchev–Trinajstić information content (AvgIpc) is 3.10. The summed E-state index contributed by atoms with van der Waals surface area (Å²) in [7, 11) is 3.16. The van der Waals surface area contributed by atoms with Gasteiger partial charge in [-0.15, -0.1) is 0 Å². The minimum Gasteiger partial charge on any atom is -0.377 e. The van der Waals surface area contributed by atoms with Gasteiger partial charge in [0.1, 0.15) is 24.1 Å². The van der Waals surface area contributed by atoms with Crippen LogP contribution >= 0.6 is 11.6 Å². The number of fused-ring (bicyclic) bond motifs is 1. The molecular weight excluding hydrogens is 645 g/mol. The van der Waals surface area contributed by atoms with Gasteiger partial charge in [0.25, 0.3) is 11.8 Å². The Bertz CT molecular complexity index is 1600. The number of carbonyl (C=O) groups excluding carboxylic acids is 3. The van der Waals surface area contributed by atoms with E-state index in [4.69, 9.17) is 21.1 Å². The van der Waals surface area contributed by atoms with Crippen molar-refractivity contribution >= 4 is 35.0 Å². The van der Waals surface area contributed by atoms with Crippen LogP contribution in [0.5, 0.6) is 0 Å². The van der Waals surface area contributed by atoms with Gasteiger partial charge < -0.3 is 24.2 Å². The van der Waals surface area contributed by atoms with Gasteiger partial charge in [-0.05, 0) is 66.4 Å². The van der Waals surface area contributed by atoms with E-state index in [0.29, 0.717) is 29.2 Å². The van der Waals surface area contributed by atoms with Gasteiger partial charge in [0.05, 0.1) is 5.69 Å². The summed E-state index contributed by atoms with van der Waals surface area (Å²) >= 11 is 6.15. The summed E-state index contributed by atoms with van der Waals surface area (Å²) in [4.78, 5) is 48.1. The first-order valence-electron chi connectivity index (χ1n) is 16.7. The maximum atomic E-state index is 14.8. The number of hydrogen-bond acceptors (Lipinski definition) is 5. The van der Waals surface area contributed by atoms with Crippen molar-refractivity contribution in [1.82, 2.24) is 9.80 Å². The molecule has 3 amide bonds. The standard InChI is InChI=1S/C39H47ClFN3O5/c1-7-27(4)35-39(47)42(24-26(2)3)25-34(48-5)36(49-6)32-12-8-9-13-33(32)43(37(45)28-14-18-30(40)19-15-28)22-10-11-23-44(35)38(46)29-16-20-31(41)21-17-29/h8-21,26-27,34-36H,7,22-25H2,1-6H3/b11-10+/t27-,34-,35-,36-/m0/s1. The Kier molecular flexibility index (Phi) is 13.5. The molecule has 1 heterocycles. The van der Waals surface area contributed by atoms with Crippen LogP contribution in [-0.2, 0) is 14.3 Å². The van der Waals surface area contributed by atoms with Crippen LogP contribution in [0.4, 0.5) is 10.1 Å². The van der Waals surface area contributed by atoms with Crippen molar-refractivity contribution in [2.75, 3.05) is 45.3 Å². The zero-order chi connectivity index (χ0) is 35.7. The molecule has 4 atom stereocenters. The summed E-state index contributed by atoms with van der Waals surface area (Å²) in [5.74, 6) is -1.40. The molecule has 1 aliphatic heterocycles. The van der Waals surface area contributed by atoms with Crippen LogP contribution in [0, 0.1) is 17.7 Å². The van der Waals surface area contributed by atoms with Gasteiger partial charge in [-0.2, -0.15) is 0 Å². The van der Waals surface area contributed by atoms with E-state index in [1.807, 2.05) is 58.0 Å². The van der Waals surface area contributed by atoms with Crippen molar-refractivity contribution < 1.29 is 28.2 Å². The molecule has 0 bridgehead atoms. The molecule has 10 heteroatoms. The molecule has 3 aromatic carbocycles. The van der Waals surface area contributed by atoms with Crippen LogP contribution in [0.2, 0.25) is 5.02 Å². The van der Waals surface area contributed by atoms with Crippen molar-refractivity contribution in [2.24, 2.45) is 11.8 Å². The van der Waals surface area contributed by atoms with Gasteiger partial charge in [-0.25, -0.2) is 4.39 Å². The largest absolute Gasteiger partial charge is 0.377 e. The number of ether oxygens (including phenoxy) is 2. The maximum absolute atomic E-state index is 14.8. The highest BCUT2D eigenvalue weighted by Gasteiger charge is 2.39. The lowest BCUT2D eigenvalue weighted by atomic mass is 9.94. The molecule has 4 rings (SSSR count). The van der Waals surface area contributed by atoms with Gasteiger partial charge in [-0.3, -0.25) is 14.4 Å². The van der Waals surface area contributed by atoms with Crippen LogP contribution in [0.1, 0.15) is 66.5 Å². The minimum atomic E-state index is -0.827. The Labute approximate surface area is 294 Å². The van der Waals surface area contributed by atoms with Crippen molar-refractivity contribution in [2.45, 2.75) is 52.4 Å². The number of carbonyl (C=O) groups is 3. The van der Waals surface area contributed by atoms with Crippen LogP contribution in [0.25, 0.3) is 0 Å². The molecule has 0 aromatic heterocycles. The molecule has 0 saturated heterocycles. The van der Waals surface area contributed by atoms with E-state index in [1.165, 1.54) is 24.3 Å². The molecule has 0 aliphatic carbocycles. The predicted octanol–water partition coefficient (Wildman–Crippen LogP) is 7.44. The third-order valence-electron chi connectivity index (χ3n) is 8.94. The third-order valence-corrected chi connectivity index (χ3v) is 9.19. The number of anilines is 1. The average molecular weight is 692 g/mol. The molecule has 0 fully saturated rings. The first-order chi connectivity index (χ1) is 23.5. The SMILES string of the molecule is CC[C@H](C)[C@H]1C(=O)N(CC(C)C)C[C@H](OC)[C@@H](OC)c2ccccc2N(C(=O)c2ccc(Cl)cc2)C/C=C/CN1C(=O)c1ccc(F)cc1. The van der Waals surface area contributed by atoms with Crippen LogP contribution in [0.3, 0.4) is 0 Å². The van der Waals surface area contributed by atoms with E-state index in [0.717, 1.165) is 5.56 Å². The van der Waals surface area contributed by atoms with Gasteiger partial charge in [0, 0.05) is 62.1 Å². The Morgan fingerprint density at radius 3 is 2.10 bits per heavy atom. The summed E-state index contributed by atoms with van der Waals surface area (Å²) in [5.41, 5.74) is 2.07. The second kappa shape index (κ2) is 17.6. The van der Waals surface area contributed by atoms with E-state index < -0.39 is 30.0 Å². The number of methoxy groups -OCH3 is 2. The van der Waals surface area contributed by atoms with Gasteiger partial charge in [0.2, 0.25) is 5.91 Å². The maximum Gasteiger partial charge on any atom is 0.258 e. The monoisotopic (exact) mass is 691 g/mol. The first-order valence-corrected chi connectivity index (χ1v) is 17.1. The lowest BCUT2D eigenvalue weighted by Crippen LogP contribution is -2.56. The summed E-state index contributed by atoms with van der Waals surface area (Å²) in [6.45, 7) is 8.85. The molecular formula is C39H47ClFN3O5. The zero-order valence-electron chi connectivity index (χ0n) is 29.1. The second-order valence-electron chi connectivity index (χ2n) is 12.8. The van der Waals surface area contributed by atoms with E-state index >= 15 is 0 Å². The minimum absolute atomic E-state index is 0.0888. The highest BCUT2D eigenvalue weighted by atomic mass is 35.5. The Morgan fingerprint density at radius 2 is 1.49 bits per heavy atom. The number of benzene rings is 3. The predicted molar refractivity (Wildman–Crippen MR) is 191 cm³/mol. The van der Waals surface area contributed by atoms with Crippen LogP contribution in [-0.4, -0.2) is 80.1 Å². The van der Waals surface area contributed by atoms with Crippen LogP contribution in [0.15, 0.2) is 84.9 Å². The molecule has 49 heavy (non-hydrogen) atoms. The molecule has 8 nitrogen and oxygen atoms in total. The molecule has 0 N–H and O–H groups in total. The zero-order valence-corrected chi connectivity index (χ0v) is 29.9. The summed E-state index contributed by atoms with van der Waals surface area (Å²) in [6, 6.07) is 18.8. The second-order valence-corrected chi connectivity index (χ2v) is 13.3. The Hall–Kier alpha value is -4.05. The number of amides is 3. The lowest BCUT2D eigenvalue weighted by Gasteiger charge is -2.40. The molecule has 0 spiro atoms. The Balaban J connectivity index is 1.92. The number of rotatable bonds is 8. The van der Waals surface area contributed by atoms with E-state index in [-0.39, 0.29) is 48.8 Å². The Morgan fingerprint density at radius 1 is 0.878 bits per heavy atom. The lowest BCUT2D eigenvalue weighted by molar-refractivity contribution is -0.142. The fourth-order valence-corrected chi connectivity index (χ4v) is 6.37. The smallest absolute Gasteiger partial charge is 0.258 e. The van der Waals surface area contributed by atoms with E-state index in [1.54, 1.807) is 59.3 Å². The number of hydrogen-bond donors (Lipinski definition) is 0. The summed E-state index contributed by atoms with van der Waals surface area (Å²) in [6.07, 6.45) is 2.97. The van der Waals surface area contributed by atoms with E-state index in [9.17, 15) is 18.8 Å². The molecule has 1 aliphatic rings. The van der Waals surface area contributed by atoms with E-state index in [2.05, 4.69) is 0 Å². The number of halogens is 2. The molecule has 0 saturated carbocycles. The fourth-order valence-electron chi connectivity index (χ4n) is 6.24. The normalized spacial score (nSPS) is 20.5. The molecule has 0 radical (unpaired) electrons. The molecule has 0 unspecified atom stereocenters. The quantitative estimate of drug-likeness (QED) is 0.230. The number of para-hydroxylation sites is 1.